The Balaban J connectivity index is 2.48. The molecule has 78 valence electrons. The molecule has 0 bridgehead atoms. The second kappa shape index (κ2) is 4.76. The summed E-state index contributed by atoms with van der Waals surface area (Å²) in [5.74, 6) is 0. The van der Waals surface area contributed by atoms with Crippen molar-refractivity contribution >= 4 is 43.2 Å². The van der Waals surface area contributed by atoms with Crippen LogP contribution in [0.25, 0.3) is 11.3 Å². The fourth-order valence-electron chi connectivity index (χ4n) is 1.37. The maximum Gasteiger partial charge on any atom is 0.105 e. The molecule has 0 saturated carbocycles. The molecule has 1 aromatic heterocycles. The first-order valence-electron chi connectivity index (χ1n) is 4.49. The van der Waals surface area contributed by atoms with E-state index in [0.29, 0.717) is 0 Å². The molecule has 4 heteroatoms. The van der Waals surface area contributed by atoms with Crippen LogP contribution < -0.4 is 0 Å². The minimum atomic E-state index is 0.808. The van der Waals surface area contributed by atoms with Gasteiger partial charge in [-0.3, -0.25) is 0 Å². The van der Waals surface area contributed by atoms with Gasteiger partial charge in [0.2, 0.25) is 0 Å². The molecular formula is C11H9Br2NS. The zero-order chi connectivity index (χ0) is 10.8. The third-order valence-electron chi connectivity index (χ3n) is 2.04. The van der Waals surface area contributed by atoms with Gasteiger partial charge in [0.15, 0.2) is 0 Å². The van der Waals surface area contributed by atoms with Crippen LogP contribution in [0.4, 0.5) is 0 Å². The summed E-state index contributed by atoms with van der Waals surface area (Å²) in [5.41, 5.74) is 3.47. The van der Waals surface area contributed by atoms with Crippen molar-refractivity contribution in [2.75, 3.05) is 0 Å². The molecule has 0 radical (unpaired) electrons. The fourth-order valence-corrected chi connectivity index (χ4v) is 3.38. The van der Waals surface area contributed by atoms with E-state index < -0.39 is 0 Å². The topological polar surface area (TPSA) is 12.9 Å². The Morgan fingerprint density at radius 1 is 1.40 bits per heavy atom. The number of thiazole rings is 1. The maximum absolute atomic E-state index is 4.56. The van der Waals surface area contributed by atoms with Crippen LogP contribution in [-0.4, -0.2) is 4.98 Å². The summed E-state index contributed by atoms with van der Waals surface area (Å²) >= 11 is 8.65. The van der Waals surface area contributed by atoms with Crippen LogP contribution in [0.2, 0.25) is 0 Å². The summed E-state index contributed by atoms with van der Waals surface area (Å²) in [6.45, 7) is 2.09. The van der Waals surface area contributed by atoms with Gasteiger partial charge in [-0.2, -0.15) is 0 Å². The van der Waals surface area contributed by atoms with Crippen LogP contribution in [0.1, 0.15) is 10.6 Å². The first kappa shape index (κ1) is 11.3. The zero-order valence-corrected chi connectivity index (χ0v) is 12.1. The number of alkyl halides is 1. The lowest BCUT2D eigenvalue weighted by atomic mass is 10.1. The molecular weight excluding hydrogens is 338 g/mol. The van der Waals surface area contributed by atoms with E-state index in [-0.39, 0.29) is 0 Å². The lowest BCUT2D eigenvalue weighted by Crippen LogP contribution is -1.81. The average Bonchev–Trinajstić information content (AvgIpc) is 2.60. The quantitative estimate of drug-likeness (QED) is 0.713. The molecule has 0 N–H and O–H groups in total. The van der Waals surface area contributed by atoms with Crippen LogP contribution in [0.5, 0.6) is 0 Å². The molecule has 0 aliphatic carbocycles. The van der Waals surface area contributed by atoms with Crippen molar-refractivity contribution in [3.8, 4) is 11.3 Å². The Morgan fingerprint density at radius 3 is 2.80 bits per heavy atom. The van der Waals surface area contributed by atoms with Crippen LogP contribution >= 0.6 is 43.2 Å². The molecule has 2 rings (SSSR count). The minimum absolute atomic E-state index is 0.808. The van der Waals surface area contributed by atoms with Gasteiger partial charge >= 0.3 is 0 Å². The molecule has 0 fully saturated rings. The SMILES string of the molecule is Cc1cccc(-c2nc(CBr)sc2Br)c1. The molecule has 0 spiro atoms. The first-order valence-corrected chi connectivity index (χ1v) is 7.22. The second-order valence-corrected chi connectivity index (χ2v) is 6.20. The lowest BCUT2D eigenvalue weighted by Gasteiger charge is -1.98. The standard InChI is InChI=1S/C11H9Br2NS/c1-7-3-2-4-8(5-7)10-11(13)15-9(6-12)14-10/h2-5H,6H2,1H3. The number of rotatable bonds is 2. The Kier molecular flexibility index (Phi) is 3.59. The Morgan fingerprint density at radius 2 is 2.20 bits per heavy atom. The highest BCUT2D eigenvalue weighted by Crippen LogP contribution is 2.33. The van der Waals surface area contributed by atoms with E-state index in [1.807, 2.05) is 0 Å². The minimum Gasteiger partial charge on any atom is -0.239 e. The number of halogens is 2. The maximum atomic E-state index is 4.56. The molecule has 15 heavy (non-hydrogen) atoms. The summed E-state index contributed by atoms with van der Waals surface area (Å²) in [4.78, 5) is 4.56. The average molecular weight is 347 g/mol. The number of benzene rings is 1. The summed E-state index contributed by atoms with van der Waals surface area (Å²) < 4.78 is 1.10. The van der Waals surface area contributed by atoms with E-state index in [9.17, 15) is 0 Å². The number of aromatic nitrogens is 1. The van der Waals surface area contributed by atoms with Crippen molar-refractivity contribution in [3.05, 3.63) is 38.6 Å². The number of nitrogens with zero attached hydrogens (tertiary/aromatic N) is 1. The van der Waals surface area contributed by atoms with Crippen molar-refractivity contribution in [2.45, 2.75) is 12.3 Å². The van der Waals surface area contributed by atoms with Gasteiger partial charge < -0.3 is 0 Å². The monoisotopic (exact) mass is 345 g/mol. The smallest absolute Gasteiger partial charge is 0.105 e. The van der Waals surface area contributed by atoms with Gasteiger partial charge in [-0.05, 0) is 28.9 Å². The molecule has 2 aromatic rings. The highest BCUT2D eigenvalue weighted by molar-refractivity contribution is 9.11. The number of hydrogen-bond acceptors (Lipinski definition) is 2. The highest BCUT2D eigenvalue weighted by Gasteiger charge is 2.09. The molecule has 0 saturated heterocycles. The Labute approximate surface area is 110 Å². The summed E-state index contributed by atoms with van der Waals surface area (Å²) in [6, 6.07) is 8.39. The van der Waals surface area contributed by atoms with Crippen LogP contribution in [0, 0.1) is 6.92 Å². The van der Waals surface area contributed by atoms with Gasteiger partial charge in [-0.15, -0.1) is 11.3 Å². The molecule has 1 nitrogen and oxygen atoms in total. The fraction of sp³-hybridized carbons (Fsp3) is 0.182. The normalized spacial score (nSPS) is 10.6. The van der Waals surface area contributed by atoms with Crippen LogP contribution in [0.15, 0.2) is 28.1 Å². The van der Waals surface area contributed by atoms with E-state index in [0.717, 1.165) is 19.8 Å². The molecule has 0 unspecified atom stereocenters. The summed E-state index contributed by atoms with van der Waals surface area (Å²) in [7, 11) is 0. The third kappa shape index (κ3) is 2.49. The van der Waals surface area contributed by atoms with E-state index in [1.165, 1.54) is 11.1 Å². The molecule has 0 aliphatic rings. The van der Waals surface area contributed by atoms with Crippen LogP contribution in [-0.2, 0) is 5.33 Å². The second-order valence-electron chi connectivity index (χ2n) is 3.23. The third-order valence-corrected chi connectivity index (χ3v) is 4.64. The van der Waals surface area contributed by atoms with Crippen molar-refractivity contribution in [1.82, 2.24) is 4.98 Å². The number of hydrogen-bond donors (Lipinski definition) is 0. The molecule has 0 atom stereocenters. The molecule has 0 amide bonds. The van der Waals surface area contributed by atoms with E-state index in [1.54, 1.807) is 11.3 Å². The summed E-state index contributed by atoms with van der Waals surface area (Å²) in [5, 5.41) is 1.90. The van der Waals surface area contributed by atoms with E-state index in [2.05, 4.69) is 68.0 Å². The van der Waals surface area contributed by atoms with E-state index in [4.69, 9.17) is 0 Å². The van der Waals surface area contributed by atoms with Gasteiger partial charge in [0.25, 0.3) is 0 Å². The largest absolute Gasteiger partial charge is 0.239 e. The Bertz CT molecular complexity index is 479. The van der Waals surface area contributed by atoms with Crippen molar-refractivity contribution in [3.63, 3.8) is 0 Å². The van der Waals surface area contributed by atoms with Gasteiger partial charge in [-0.1, -0.05) is 39.7 Å². The predicted molar refractivity (Wildman–Crippen MR) is 72.6 cm³/mol. The Hall–Kier alpha value is -0.190. The molecule has 1 heterocycles. The van der Waals surface area contributed by atoms with Crippen molar-refractivity contribution in [2.24, 2.45) is 0 Å². The first-order chi connectivity index (χ1) is 7.20. The van der Waals surface area contributed by atoms with Crippen molar-refractivity contribution < 1.29 is 0 Å². The van der Waals surface area contributed by atoms with E-state index >= 15 is 0 Å². The highest BCUT2D eigenvalue weighted by atomic mass is 79.9. The predicted octanol–water partition coefficient (Wildman–Crippen LogP) is 4.78. The van der Waals surface area contributed by atoms with Gasteiger partial charge in [0.05, 0.1) is 14.8 Å². The van der Waals surface area contributed by atoms with Gasteiger partial charge in [0.1, 0.15) is 5.01 Å². The molecule has 1 aromatic carbocycles. The van der Waals surface area contributed by atoms with Crippen molar-refractivity contribution in [1.29, 1.82) is 0 Å². The zero-order valence-electron chi connectivity index (χ0n) is 8.13. The summed E-state index contributed by atoms with van der Waals surface area (Å²) in [6.07, 6.45) is 0. The van der Waals surface area contributed by atoms with Gasteiger partial charge in [0, 0.05) is 5.56 Å². The van der Waals surface area contributed by atoms with Crippen LogP contribution in [0.3, 0.4) is 0 Å². The lowest BCUT2D eigenvalue weighted by molar-refractivity contribution is 1.27. The van der Waals surface area contributed by atoms with Gasteiger partial charge in [-0.25, -0.2) is 4.98 Å². The number of aryl methyl sites for hydroxylation is 1. The molecule has 0 aliphatic heterocycles.